The molecule has 3 rings (SSSR count). The number of carbonyl (C=O) groups is 1. The first-order valence-corrected chi connectivity index (χ1v) is 8.18. The Labute approximate surface area is 147 Å². The Morgan fingerprint density at radius 3 is 2.54 bits per heavy atom. The van der Waals surface area contributed by atoms with Gasteiger partial charge in [-0.1, -0.05) is 13.8 Å². The lowest BCUT2D eigenvalue weighted by molar-refractivity contribution is 0.0524. The van der Waals surface area contributed by atoms with Gasteiger partial charge in [0.25, 0.3) is 0 Å². The van der Waals surface area contributed by atoms with Gasteiger partial charge >= 0.3 is 5.97 Å². The Kier molecular flexibility index (Phi) is 5.70. The van der Waals surface area contributed by atoms with Crippen LogP contribution in [0.2, 0.25) is 0 Å². The maximum absolute atomic E-state index is 13.9. The summed E-state index contributed by atoms with van der Waals surface area (Å²) in [5, 5.41) is 8.76. The Balaban J connectivity index is 0.00000117. The first kappa shape index (κ1) is 19.5. The summed E-state index contributed by atoms with van der Waals surface area (Å²) in [6.45, 7) is 5.55. The van der Waals surface area contributed by atoms with Gasteiger partial charge in [-0.05, 0) is 13.0 Å². The minimum absolute atomic E-state index is 0.00665. The van der Waals surface area contributed by atoms with Gasteiger partial charge in [-0.15, -0.1) is 0 Å². The molecular weight excluding hydrogens is 349 g/mol. The lowest BCUT2D eigenvalue weighted by Gasteiger charge is -2.14. The number of pyridine rings is 1. The topological polar surface area (TPSA) is 72.1 Å². The Morgan fingerprint density at radius 1 is 1.42 bits per heavy atom. The maximum atomic E-state index is 13.9. The zero-order valence-corrected chi connectivity index (χ0v) is 14.5. The molecule has 5 nitrogen and oxygen atoms in total. The molecular formula is C18H17F3N2O3. The highest BCUT2D eigenvalue weighted by atomic mass is 19.2. The molecule has 2 atom stereocenters. The minimum Gasteiger partial charge on any atom is -0.462 e. The monoisotopic (exact) mass is 366 g/mol. The van der Waals surface area contributed by atoms with Gasteiger partial charge in [0.15, 0.2) is 11.6 Å². The average Bonchev–Trinajstić information content (AvgIpc) is 3.35. The van der Waals surface area contributed by atoms with Crippen molar-refractivity contribution in [2.45, 2.75) is 39.4 Å². The highest BCUT2D eigenvalue weighted by Crippen LogP contribution is 2.41. The van der Waals surface area contributed by atoms with Crippen LogP contribution in [0.4, 0.5) is 13.2 Å². The van der Waals surface area contributed by atoms with Crippen molar-refractivity contribution in [3.8, 4) is 6.07 Å². The highest BCUT2D eigenvalue weighted by Gasteiger charge is 2.41. The molecule has 1 aromatic heterocycles. The van der Waals surface area contributed by atoms with E-state index in [1.165, 1.54) is 6.07 Å². The van der Waals surface area contributed by atoms with Gasteiger partial charge in [-0.3, -0.25) is 4.79 Å². The molecule has 0 amide bonds. The molecule has 0 spiro atoms. The van der Waals surface area contributed by atoms with Crippen LogP contribution in [0.1, 0.15) is 49.2 Å². The van der Waals surface area contributed by atoms with Crippen LogP contribution in [0.5, 0.6) is 0 Å². The van der Waals surface area contributed by atoms with Crippen molar-refractivity contribution < 1.29 is 22.7 Å². The normalized spacial score (nSPS) is 17.9. The molecule has 8 heteroatoms. The molecule has 0 N–H and O–H groups in total. The third-order valence-electron chi connectivity index (χ3n) is 3.85. The van der Waals surface area contributed by atoms with Crippen LogP contribution in [0.25, 0.3) is 10.9 Å². The van der Waals surface area contributed by atoms with E-state index >= 15 is 0 Å². The van der Waals surface area contributed by atoms with Crippen molar-refractivity contribution in [3.05, 3.63) is 45.2 Å². The number of ether oxygens (including phenoxy) is 1. The van der Waals surface area contributed by atoms with Gasteiger partial charge in [-0.25, -0.2) is 18.0 Å². The van der Waals surface area contributed by atoms with Gasteiger partial charge < -0.3 is 9.30 Å². The van der Waals surface area contributed by atoms with Crippen LogP contribution in [-0.4, -0.2) is 23.3 Å². The van der Waals surface area contributed by atoms with Crippen molar-refractivity contribution in [2.75, 3.05) is 6.61 Å². The molecule has 0 aliphatic heterocycles. The van der Waals surface area contributed by atoms with E-state index in [1.54, 1.807) is 6.92 Å². The summed E-state index contributed by atoms with van der Waals surface area (Å²) in [5.74, 6) is -3.76. The number of nitrogens with zero attached hydrogens (tertiary/aromatic N) is 2. The van der Waals surface area contributed by atoms with Crippen LogP contribution >= 0.6 is 0 Å². The van der Waals surface area contributed by atoms with Gasteiger partial charge in [0.1, 0.15) is 23.4 Å². The molecule has 0 saturated heterocycles. The number of aromatic nitrogens is 1. The molecule has 1 fully saturated rings. The van der Waals surface area contributed by atoms with E-state index in [0.29, 0.717) is 6.07 Å². The average molecular weight is 366 g/mol. The number of alkyl halides is 1. The Morgan fingerprint density at radius 2 is 2.04 bits per heavy atom. The van der Waals surface area contributed by atoms with Crippen LogP contribution in [0, 0.1) is 23.0 Å². The van der Waals surface area contributed by atoms with Crippen molar-refractivity contribution in [1.82, 2.24) is 4.57 Å². The van der Waals surface area contributed by atoms with E-state index < -0.39 is 46.4 Å². The maximum Gasteiger partial charge on any atom is 0.343 e. The Hall–Kier alpha value is -2.82. The molecule has 1 saturated carbocycles. The summed E-state index contributed by atoms with van der Waals surface area (Å²) in [7, 11) is 0. The molecule has 0 bridgehead atoms. The van der Waals surface area contributed by atoms with Gasteiger partial charge in [0, 0.05) is 12.6 Å². The summed E-state index contributed by atoms with van der Waals surface area (Å²) >= 11 is 0. The third-order valence-corrected chi connectivity index (χ3v) is 3.85. The number of hydrogen-bond acceptors (Lipinski definition) is 4. The summed E-state index contributed by atoms with van der Waals surface area (Å²) < 4.78 is 47.1. The van der Waals surface area contributed by atoms with Crippen molar-refractivity contribution in [3.63, 3.8) is 0 Å². The van der Waals surface area contributed by atoms with E-state index in [4.69, 9.17) is 10.00 Å². The molecule has 2 aromatic rings. The van der Waals surface area contributed by atoms with Crippen molar-refractivity contribution in [1.29, 1.82) is 5.26 Å². The number of fused-ring (bicyclic) bond motifs is 1. The number of hydrogen-bond donors (Lipinski definition) is 0. The lowest BCUT2D eigenvalue weighted by Crippen LogP contribution is -2.22. The molecule has 1 unspecified atom stereocenters. The molecule has 0 radical (unpaired) electrons. The zero-order chi connectivity index (χ0) is 19.6. The summed E-state index contributed by atoms with van der Waals surface area (Å²) in [4.78, 5) is 24.4. The van der Waals surface area contributed by atoms with Gasteiger partial charge in [0.05, 0.1) is 23.6 Å². The smallest absolute Gasteiger partial charge is 0.343 e. The fourth-order valence-electron chi connectivity index (χ4n) is 2.62. The quantitative estimate of drug-likeness (QED) is 0.778. The second-order valence-electron chi connectivity index (χ2n) is 5.37. The molecule has 1 aliphatic carbocycles. The Bertz CT molecular complexity index is 963. The van der Waals surface area contributed by atoms with E-state index in [0.717, 1.165) is 10.8 Å². The number of benzene rings is 1. The number of esters is 1. The van der Waals surface area contributed by atoms with Crippen molar-refractivity contribution >= 4 is 16.9 Å². The number of halogens is 3. The molecule has 1 aromatic carbocycles. The largest absolute Gasteiger partial charge is 0.462 e. The molecule has 26 heavy (non-hydrogen) atoms. The van der Waals surface area contributed by atoms with Crippen LogP contribution < -0.4 is 5.43 Å². The number of nitriles is 1. The molecule has 1 aliphatic rings. The minimum atomic E-state index is -1.42. The van der Waals surface area contributed by atoms with Gasteiger partial charge in [-0.2, -0.15) is 5.26 Å². The molecule has 1 heterocycles. The van der Waals surface area contributed by atoms with Crippen LogP contribution in [-0.2, 0) is 4.74 Å². The summed E-state index contributed by atoms with van der Waals surface area (Å²) in [6.07, 6.45) is -0.125. The SMILES string of the molecule is CC.CCOC(=O)c1cn([C@@H]2CC2F)c2c(C#N)c(F)c(F)cc2c1=O. The first-order chi connectivity index (χ1) is 12.4. The van der Waals surface area contributed by atoms with Crippen LogP contribution in [0.15, 0.2) is 17.1 Å². The second-order valence-corrected chi connectivity index (χ2v) is 5.37. The predicted octanol–water partition coefficient (Wildman–Crippen LogP) is 3.64. The van der Waals surface area contributed by atoms with Gasteiger partial charge in [0.2, 0.25) is 5.43 Å². The zero-order valence-electron chi connectivity index (χ0n) is 14.5. The van der Waals surface area contributed by atoms with E-state index in [-0.39, 0.29) is 23.9 Å². The fourth-order valence-corrected chi connectivity index (χ4v) is 2.62. The third kappa shape index (κ3) is 3.17. The predicted molar refractivity (Wildman–Crippen MR) is 88.7 cm³/mol. The van der Waals surface area contributed by atoms with Crippen molar-refractivity contribution in [2.24, 2.45) is 0 Å². The fraction of sp³-hybridized carbons (Fsp3) is 0.389. The number of carbonyl (C=O) groups excluding carboxylic acids is 1. The second kappa shape index (κ2) is 7.60. The first-order valence-electron chi connectivity index (χ1n) is 8.18. The lowest BCUT2D eigenvalue weighted by atomic mass is 10.1. The molecule has 138 valence electrons. The number of rotatable bonds is 3. The summed E-state index contributed by atoms with van der Waals surface area (Å²) in [6, 6.07) is 1.37. The van der Waals surface area contributed by atoms with Crippen LogP contribution in [0.3, 0.4) is 0 Å². The van der Waals surface area contributed by atoms with E-state index in [1.807, 2.05) is 13.8 Å². The summed E-state index contributed by atoms with van der Waals surface area (Å²) in [5.41, 5.74) is -2.24. The van der Waals surface area contributed by atoms with E-state index in [9.17, 15) is 22.8 Å². The standard InChI is InChI=1S/C16H11F3N2O3.C2H6/c1-2-24-16(23)9-6-21(12-4-10(12)17)14-7(15(9)22)3-11(18)13(19)8(14)5-20;1-2/h3,6,10,12H,2,4H2,1H3;1-2H3/t10?,12-;/m1./s1. The van der Waals surface area contributed by atoms with E-state index in [2.05, 4.69) is 0 Å². The highest BCUT2D eigenvalue weighted by molar-refractivity contribution is 5.95.